The van der Waals surface area contributed by atoms with Crippen LogP contribution in [0, 0.1) is 0 Å². The second-order valence-electron chi connectivity index (χ2n) is 6.62. The van der Waals surface area contributed by atoms with E-state index in [1.54, 1.807) is 14.2 Å². The predicted octanol–water partition coefficient (Wildman–Crippen LogP) is 2.29. The van der Waals surface area contributed by atoms with E-state index in [1.165, 1.54) is 0 Å². The first-order chi connectivity index (χ1) is 14.2. The number of nitrogens with zero attached hydrogens (tertiary/aromatic N) is 2. The Morgan fingerprint density at radius 3 is 2.50 bits per heavy atom. The standard InChI is InChI=1S/C21H36N4O4.HI/c1-5-22-21(23-9-12-28-6-2)24-16-18(25-10-13-29-14-11-25)17-7-8-19(26-3)20(15-17)27-4;/h7-8,15,18H,5-6,9-14,16H2,1-4H3,(H2,22,23,24);1H. The van der Waals surface area contributed by atoms with Gasteiger partial charge in [0.05, 0.1) is 46.6 Å². The zero-order chi connectivity index (χ0) is 20.9. The number of methoxy groups -OCH3 is 2. The molecule has 9 heteroatoms. The number of guanidine groups is 1. The zero-order valence-electron chi connectivity index (χ0n) is 18.6. The van der Waals surface area contributed by atoms with Gasteiger partial charge in [0.1, 0.15) is 0 Å². The Bertz CT molecular complexity index is 627. The largest absolute Gasteiger partial charge is 0.493 e. The molecular weight excluding hydrogens is 499 g/mol. The smallest absolute Gasteiger partial charge is 0.191 e. The SMILES string of the molecule is CCNC(=NCC(c1ccc(OC)c(OC)c1)N1CCOCC1)NCCOCC.I. The van der Waals surface area contributed by atoms with Gasteiger partial charge in [-0.1, -0.05) is 6.07 Å². The maximum Gasteiger partial charge on any atom is 0.191 e. The van der Waals surface area contributed by atoms with Gasteiger partial charge in [-0.15, -0.1) is 24.0 Å². The van der Waals surface area contributed by atoms with Crippen molar-refractivity contribution in [2.75, 3.05) is 73.4 Å². The molecule has 0 aromatic heterocycles. The van der Waals surface area contributed by atoms with E-state index in [4.69, 9.17) is 23.9 Å². The molecule has 0 amide bonds. The number of hydrogen-bond donors (Lipinski definition) is 2. The molecule has 0 radical (unpaired) electrons. The molecule has 0 saturated carbocycles. The molecule has 1 aromatic rings. The number of halogens is 1. The first-order valence-corrected chi connectivity index (χ1v) is 10.4. The van der Waals surface area contributed by atoms with Gasteiger partial charge in [0, 0.05) is 32.8 Å². The molecule has 8 nitrogen and oxygen atoms in total. The van der Waals surface area contributed by atoms with Crippen LogP contribution < -0.4 is 20.1 Å². The van der Waals surface area contributed by atoms with Crippen molar-refractivity contribution in [1.82, 2.24) is 15.5 Å². The minimum Gasteiger partial charge on any atom is -0.493 e. The third-order valence-corrected chi connectivity index (χ3v) is 4.79. The van der Waals surface area contributed by atoms with Crippen LogP contribution in [0.1, 0.15) is 25.5 Å². The minimum atomic E-state index is 0. The van der Waals surface area contributed by atoms with Crippen LogP contribution in [-0.4, -0.2) is 84.2 Å². The highest BCUT2D eigenvalue weighted by molar-refractivity contribution is 14.0. The van der Waals surface area contributed by atoms with E-state index in [0.717, 1.165) is 62.4 Å². The number of benzene rings is 1. The highest BCUT2D eigenvalue weighted by Crippen LogP contribution is 2.32. The molecule has 2 N–H and O–H groups in total. The summed E-state index contributed by atoms with van der Waals surface area (Å²) in [5.74, 6) is 2.26. The van der Waals surface area contributed by atoms with Gasteiger partial charge in [0.25, 0.3) is 0 Å². The number of nitrogens with one attached hydrogen (secondary N) is 2. The first-order valence-electron chi connectivity index (χ1n) is 10.4. The molecular formula is C21H37IN4O4. The molecule has 0 spiro atoms. The number of rotatable bonds is 11. The lowest BCUT2D eigenvalue weighted by molar-refractivity contribution is 0.0179. The molecule has 1 atom stereocenters. The fourth-order valence-electron chi connectivity index (χ4n) is 3.29. The Hall–Kier alpha value is -1.30. The molecule has 0 aliphatic carbocycles. The summed E-state index contributed by atoms with van der Waals surface area (Å²) in [7, 11) is 3.31. The van der Waals surface area contributed by atoms with Crippen LogP contribution in [-0.2, 0) is 9.47 Å². The van der Waals surface area contributed by atoms with Crippen molar-refractivity contribution in [3.63, 3.8) is 0 Å². The van der Waals surface area contributed by atoms with Crippen LogP contribution in [0.3, 0.4) is 0 Å². The molecule has 1 saturated heterocycles. The van der Waals surface area contributed by atoms with Gasteiger partial charge in [0.2, 0.25) is 0 Å². The predicted molar refractivity (Wildman–Crippen MR) is 131 cm³/mol. The second-order valence-corrected chi connectivity index (χ2v) is 6.62. The summed E-state index contributed by atoms with van der Waals surface area (Å²) >= 11 is 0. The van der Waals surface area contributed by atoms with E-state index in [9.17, 15) is 0 Å². The van der Waals surface area contributed by atoms with Crippen molar-refractivity contribution >= 4 is 29.9 Å². The Kier molecular flexibility index (Phi) is 13.8. The Labute approximate surface area is 197 Å². The van der Waals surface area contributed by atoms with Crippen molar-refractivity contribution in [2.45, 2.75) is 19.9 Å². The molecule has 1 aromatic carbocycles. The van der Waals surface area contributed by atoms with Crippen LogP contribution in [0.2, 0.25) is 0 Å². The van der Waals surface area contributed by atoms with E-state index in [0.29, 0.717) is 19.8 Å². The maximum absolute atomic E-state index is 5.55. The molecule has 1 heterocycles. The van der Waals surface area contributed by atoms with Crippen molar-refractivity contribution in [3.8, 4) is 11.5 Å². The molecule has 172 valence electrons. The average molecular weight is 536 g/mol. The average Bonchev–Trinajstić information content (AvgIpc) is 2.77. The molecule has 1 fully saturated rings. The maximum atomic E-state index is 5.55. The summed E-state index contributed by atoms with van der Waals surface area (Å²) in [6.07, 6.45) is 0. The quantitative estimate of drug-likeness (QED) is 0.195. The molecule has 1 aliphatic rings. The lowest BCUT2D eigenvalue weighted by Crippen LogP contribution is -2.42. The fraction of sp³-hybridized carbons (Fsp3) is 0.667. The zero-order valence-corrected chi connectivity index (χ0v) is 20.9. The van der Waals surface area contributed by atoms with Crippen LogP contribution in [0.25, 0.3) is 0 Å². The summed E-state index contributed by atoms with van der Waals surface area (Å²) in [6, 6.07) is 6.22. The van der Waals surface area contributed by atoms with Gasteiger partial charge in [-0.2, -0.15) is 0 Å². The van der Waals surface area contributed by atoms with Gasteiger partial charge >= 0.3 is 0 Å². The van der Waals surface area contributed by atoms with E-state index in [2.05, 4.69) is 28.5 Å². The van der Waals surface area contributed by atoms with E-state index in [1.807, 2.05) is 19.1 Å². The summed E-state index contributed by atoms with van der Waals surface area (Å²) < 4.78 is 21.9. The summed E-state index contributed by atoms with van der Waals surface area (Å²) in [5.41, 5.74) is 1.15. The lowest BCUT2D eigenvalue weighted by Gasteiger charge is -2.34. The Balaban J connectivity index is 0.00000450. The highest BCUT2D eigenvalue weighted by Gasteiger charge is 2.24. The molecule has 1 aliphatic heterocycles. The minimum absolute atomic E-state index is 0. The highest BCUT2D eigenvalue weighted by atomic mass is 127. The Morgan fingerprint density at radius 1 is 1.13 bits per heavy atom. The van der Waals surface area contributed by atoms with E-state index in [-0.39, 0.29) is 30.0 Å². The number of aliphatic imine (C=N–C) groups is 1. The van der Waals surface area contributed by atoms with Gasteiger partial charge in [-0.25, -0.2) is 0 Å². The normalized spacial score (nSPS) is 15.8. The molecule has 30 heavy (non-hydrogen) atoms. The van der Waals surface area contributed by atoms with Crippen LogP contribution in [0.5, 0.6) is 11.5 Å². The van der Waals surface area contributed by atoms with Gasteiger partial charge < -0.3 is 29.6 Å². The molecule has 1 unspecified atom stereocenters. The van der Waals surface area contributed by atoms with E-state index >= 15 is 0 Å². The van der Waals surface area contributed by atoms with Crippen LogP contribution in [0.15, 0.2) is 23.2 Å². The monoisotopic (exact) mass is 536 g/mol. The molecule has 0 bridgehead atoms. The topological polar surface area (TPSA) is 76.6 Å². The summed E-state index contributed by atoms with van der Waals surface area (Å²) in [4.78, 5) is 7.26. The van der Waals surface area contributed by atoms with Gasteiger partial charge in [0.15, 0.2) is 17.5 Å². The number of morpholine rings is 1. The summed E-state index contributed by atoms with van der Waals surface area (Å²) in [5, 5.41) is 6.64. The third-order valence-electron chi connectivity index (χ3n) is 4.79. The van der Waals surface area contributed by atoms with Crippen molar-refractivity contribution in [2.24, 2.45) is 4.99 Å². The first kappa shape index (κ1) is 26.7. The molecule has 2 rings (SSSR count). The fourth-order valence-corrected chi connectivity index (χ4v) is 3.29. The lowest BCUT2D eigenvalue weighted by atomic mass is 10.0. The Morgan fingerprint density at radius 2 is 1.87 bits per heavy atom. The van der Waals surface area contributed by atoms with E-state index < -0.39 is 0 Å². The summed E-state index contributed by atoms with van der Waals surface area (Å²) in [6.45, 7) is 10.8. The number of hydrogen-bond acceptors (Lipinski definition) is 6. The second kappa shape index (κ2) is 15.5. The van der Waals surface area contributed by atoms with Crippen LogP contribution >= 0.6 is 24.0 Å². The van der Waals surface area contributed by atoms with Crippen molar-refractivity contribution in [1.29, 1.82) is 0 Å². The van der Waals surface area contributed by atoms with Crippen LogP contribution in [0.4, 0.5) is 0 Å². The van der Waals surface area contributed by atoms with Gasteiger partial charge in [-0.3, -0.25) is 9.89 Å². The third kappa shape index (κ3) is 8.44. The van der Waals surface area contributed by atoms with Gasteiger partial charge in [-0.05, 0) is 31.5 Å². The number of ether oxygens (including phenoxy) is 4. The van der Waals surface area contributed by atoms with Crippen molar-refractivity contribution in [3.05, 3.63) is 23.8 Å². The van der Waals surface area contributed by atoms with Crippen molar-refractivity contribution < 1.29 is 18.9 Å².